The molecule has 3 heteroatoms. The first-order valence-electron chi connectivity index (χ1n) is 6.71. The number of nitrogens with one attached hydrogen (secondary N) is 1. The number of unbranched alkanes of at least 4 members (excludes halogenated alkanes) is 3. The topological polar surface area (TPSA) is 55.1 Å². The summed E-state index contributed by atoms with van der Waals surface area (Å²) in [5.74, 6) is -0.106. The summed E-state index contributed by atoms with van der Waals surface area (Å²) in [6.07, 6.45) is 4.59. The number of nitrogens with two attached hydrogens (primary N) is 1. The third kappa shape index (κ3) is 4.15. The van der Waals surface area contributed by atoms with Gasteiger partial charge in [-0.15, -0.1) is 0 Å². The Morgan fingerprint density at radius 3 is 2.50 bits per heavy atom. The van der Waals surface area contributed by atoms with Crippen LogP contribution in [0.4, 0.5) is 0 Å². The van der Waals surface area contributed by atoms with E-state index in [9.17, 15) is 4.79 Å². The molecule has 0 bridgehead atoms. The summed E-state index contributed by atoms with van der Waals surface area (Å²) in [6, 6.07) is 9.49. The van der Waals surface area contributed by atoms with E-state index in [-0.39, 0.29) is 5.91 Å². The first-order chi connectivity index (χ1) is 8.59. The van der Waals surface area contributed by atoms with Gasteiger partial charge in [0.25, 0.3) is 0 Å². The van der Waals surface area contributed by atoms with E-state index in [4.69, 9.17) is 5.73 Å². The van der Waals surface area contributed by atoms with E-state index in [1.807, 2.05) is 30.3 Å². The van der Waals surface area contributed by atoms with E-state index >= 15 is 0 Å². The molecule has 1 aromatic carbocycles. The molecule has 0 spiro atoms. The summed E-state index contributed by atoms with van der Waals surface area (Å²) in [5, 5.41) is 2.92. The highest BCUT2D eigenvalue weighted by Gasteiger charge is 2.29. The van der Waals surface area contributed by atoms with Gasteiger partial charge in [-0.1, -0.05) is 56.5 Å². The van der Waals surface area contributed by atoms with E-state index < -0.39 is 5.54 Å². The predicted octanol–water partition coefficient (Wildman–Crippen LogP) is 2.56. The summed E-state index contributed by atoms with van der Waals surface area (Å²) < 4.78 is 0. The van der Waals surface area contributed by atoms with Crippen LogP contribution in [0.5, 0.6) is 0 Å². The molecule has 0 saturated heterocycles. The van der Waals surface area contributed by atoms with E-state index in [0.717, 1.165) is 18.4 Å². The zero-order valence-electron chi connectivity index (χ0n) is 11.4. The third-order valence-corrected chi connectivity index (χ3v) is 3.16. The maximum atomic E-state index is 12.1. The third-order valence-electron chi connectivity index (χ3n) is 3.16. The van der Waals surface area contributed by atoms with Crippen molar-refractivity contribution in [3.8, 4) is 0 Å². The molecule has 1 rings (SSSR count). The molecular weight excluding hydrogens is 224 g/mol. The Kier molecular flexibility index (Phi) is 5.86. The lowest BCUT2D eigenvalue weighted by molar-refractivity contribution is -0.126. The minimum Gasteiger partial charge on any atom is -0.354 e. The molecule has 1 amide bonds. The molecule has 0 radical (unpaired) electrons. The van der Waals surface area contributed by atoms with E-state index in [2.05, 4.69) is 12.2 Å². The lowest BCUT2D eigenvalue weighted by Gasteiger charge is -2.24. The second kappa shape index (κ2) is 7.17. The Balaban J connectivity index is 2.45. The largest absolute Gasteiger partial charge is 0.354 e. The van der Waals surface area contributed by atoms with Crippen molar-refractivity contribution in [1.29, 1.82) is 0 Å². The van der Waals surface area contributed by atoms with Gasteiger partial charge in [0.05, 0.1) is 0 Å². The lowest BCUT2D eigenvalue weighted by Crippen LogP contribution is -2.49. The highest BCUT2D eigenvalue weighted by Crippen LogP contribution is 2.17. The summed E-state index contributed by atoms with van der Waals surface area (Å²) in [4.78, 5) is 12.1. The fourth-order valence-corrected chi connectivity index (χ4v) is 1.85. The average molecular weight is 248 g/mol. The van der Waals surface area contributed by atoms with Gasteiger partial charge in [-0.2, -0.15) is 0 Å². The molecule has 0 aliphatic carbocycles. The molecule has 0 fully saturated rings. The van der Waals surface area contributed by atoms with Crippen LogP contribution in [0.25, 0.3) is 0 Å². The Morgan fingerprint density at radius 1 is 1.22 bits per heavy atom. The standard InChI is InChI=1S/C15H24N2O/c1-3-4-5-9-12-17-14(18)15(2,16)13-10-7-6-8-11-13/h6-8,10-11H,3-5,9,12,16H2,1-2H3,(H,17,18). The Morgan fingerprint density at radius 2 is 1.89 bits per heavy atom. The molecule has 3 N–H and O–H groups in total. The molecule has 3 nitrogen and oxygen atoms in total. The van der Waals surface area contributed by atoms with Gasteiger partial charge in [-0.25, -0.2) is 0 Å². The van der Waals surface area contributed by atoms with Gasteiger partial charge in [-0.05, 0) is 18.9 Å². The van der Waals surface area contributed by atoms with Gasteiger partial charge in [0.2, 0.25) is 5.91 Å². The monoisotopic (exact) mass is 248 g/mol. The van der Waals surface area contributed by atoms with Crippen molar-refractivity contribution < 1.29 is 4.79 Å². The molecule has 1 atom stereocenters. The maximum Gasteiger partial charge on any atom is 0.244 e. The van der Waals surface area contributed by atoms with Crippen LogP contribution in [0.1, 0.15) is 45.1 Å². The highest BCUT2D eigenvalue weighted by atomic mass is 16.2. The van der Waals surface area contributed by atoms with Crippen molar-refractivity contribution in [3.63, 3.8) is 0 Å². The smallest absolute Gasteiger partial charge is 0.244 e. The van der Waals surface area contributed by atoms with Crippen LogP contribution in [0.2, 0.25) is 0 Å². The van der Waals surface area contributed by atoms with Crippen molar-refractivity contribution in [2.75, 3.05) is 6.54 Å². The van der Waals surface area contributed by atoms with E-state index in [1.165, 1.54) is 12.8 Å². The molecule has 0 heterocycles. The van der Waals surface area contributed by atoms with Crippen molar-refractivity contribution in [2.24, 2.45) is 5.73 Å². The zero-order valence-corrected chi connectivity index (χ0v) is 11.4. The van der Waals surface area contributed by atoms with Crippen molar-refractivity contribution in [2.45, 2.75) is 45.1 Å². The summed E-state index contributed by atoms with van der Waals surface area (Å²) in [7, 11) is 0. The SMILES string of the molecule is CCCCCCNC(=O)C(C)(N)c1ccccc1. The molecule has 0 aliphatic heterocycles. The van der Waals surface area contributed by atoms with Gasteiger partial charge < -0.3 is 11.1 Å². The van der Waals surface area contributed by atoms with Gasteiger partial charge in [-0.3, -0.25) is 4.79 Å². The minimum atomic E-state index is -0.952. The molecule has 0 aromatic heterocycles. The summed E-state index contributed by atoms with van der Waals surface area (Å²) in [6.45, 7) is 4.63. The summed E-state index contributed by atoms with van der Waals surface area (Å²) >= 11 is 0. The molecule has 0 saturated carbocycles. The number of carbonyl (C=O) groups excluding carboxylic acids is 1. The van der Waals surface area contributed by atoms with Crippen LogP contribution < -0.4 is 11.1 Å². The number of carbonyl (C=O) groups is 1. The number of amides is 1. The predicted molar refractivity (Wildman–Crippen MR) is 75.1 cm³/mol. The molecular formula is C15H24N2O. The van der Waals surface area contributed by atoms with Crippen molar-refractivity contribution in [1.82, 2.24) is 5.32 Å². The first-order valence-corrected chi connectivity index (χ1v) is 6.71. The van der Waals surface area contributed by atoms with Crippen molar-refractivity contribution in [3.05, 3.63) is 35.9 Å². The van der Waals surface area contributed by atoms with Crippen LogP contribution in [0, 0.1) is 0 Å². The van der Waals surface area contributed by atoms with Crippen LogP contribution >= 0.6 is 0 Å². The van der Waals surface area contributed by atoms with Gasteiger partial charge in [0.1, 0.15) is 5.54 Å². The summed E-state index contributed by atoms with van der Waals surface area (Å²) in [5.41, 5.74) is 6.00. The fourth-order valence-electron chi connectivity index (χ4n) is 1.85. The van der Waals surface area contributed by atoms with Crippen LogP contribution in [-0.4, -0.2) is 12.5 Å². The van der Waals surface area contributed by atoms with Gasteiger partial charge >= 0.3 is 0 Å². The molecule has 1 unspecified atom stereocenters. The van der Waals surface area contributed by atoms with Crippen LogP contribution in [-0.2, 0) is 10.3 Å². The lowest BCUT2D eigenvalue weighted by atomic mass is 9.92. The zero-order chi connectivity index (χ0) is 13.4. The Bertz CT molecular complexity index is 360. The van der Waals surface area contributed by atoms with Gasteiger partial charge in [0.15, 0.2) is 0 Å². The van der Waals surface area contributed by atoms with Crippen LogP contribution in [0.15, 0.2) is 30.3 Å². The fraction of sp³-hybridized carbons (Fsp3) is 0.533. The number of benzene rings is 1. The van der Waals surface area contributed by atoms with E-state index in [1.54, 1.807) is 6.92 Å². The van der Waals surface area contributed by atoms with Gasteiger partial charge in [0, 0.05) is 6.54 Å². The molecule has 1 aromatic rings. The van der Waals surface area contributed by atoms with Crippen LogP contribution in [0.3, 0.4) is 0 Å². The second-order valence-corrected chi connectivity index (χ2v) is 4.88. The maximum absolute atomic E-state index is 12.1. The van der Waals surface area contributed by atoms with Crippen molar-refractivity contribution >= 4 is 5.91 Å². The first kappa shape index (κ1) is 14.7. The second-order valence-electron chi connectivity index (χ2n) is 4.88. The molecule has 0 aliphatic rings. The van der Waals surface area contributed by atoms with E-state index in [0.29, 0.717) is 6.54 Å². The molecule has 100 valence electrons. The Hall–Kier alpha value is -1.35. The quantitative estimate of drug-likeness (QED) is 0.729. The average Bonchev–Trinajstić information content (AvgIpc) is 2.39. The number of rotatable bonds is 7. The highest BCUT2D eigenvalue weighted by molar-refractivity contribution is 5.86. The number of hydrogen-bond acceptors (Lipinski definition) is 2. The molecule has 18 heavy (non-hydrogen) atoms. The minimum absolute atomic E-state index is 0.106. The normalized spacial score (nSPS) is 13.9. The number of hydrogen-bond donors (Lipinski definition) is 2. The Labute approximate surface area is 110 Å².